The molecule has 1 fully saturated rings. The summed E-state index contributed by atoms with van der Waals surface area (Å²) in [6.07, 6.45) is 5.97. The third-order valence-corrected chi connectivity index (χ3v) is 6.93. The van der Waals surface area contributed by atoms with Gasteiger partial charge in [0.05, 0.1) is 32.6 Å². The average Bonchev–Trinajstić information content (AvgIpc) is 3.51. The quantitative estimate of drug-likeness (QED) is 0.425. The fraction of sp³-hybridized carbons (Fsp3) is 0.414. The van der Waals surface area contributed by atoms with Gasteiger partial charge in [-0.2, -0.15) is 0 Å². The molecule has 3 aromatic rings. The molecule has 8 heteroatoms. The van der Waals surface area contributed by atoms with Gasteiger partial charge in [0.25, 0.3) is 0 Å². The molecule has 1 aromatic heterocycles. The van der Waals surface area contributed by atoms with E-state index in [4.69, 9.17) is 4.74 Å². The van der Waals surface area contributed by atoms with Crippen molar-refractivity contribution in [3.63, 3.8) is 0 Å². The molecule has 0 N–H and O–H groups in total. The lowest BCUT2D eigenvalue weighted by Gasteiger charge is -2.30. The summed E-state index contributed by atoms with van der Waals surface area (Å²) in [7, 11) is 1.65. The van der Waals surface area contributed by atoms with Crippen molar-refractivity contribution < 1.29 is 14.3 Å². The zero-order valence-electron chi connectivity index (χ0n) is 22.4. The first-order chi connectivity index (χ1) is 17.7. The van der Waals surface area contributed by atoms with Crippen LogP contribution >= 0.6 is 0 Å². The molecule has 1 aliphatic heterocycles. The van der Waals surface area contributed by atoms with Crippen LogP contribution in [0.15, 0.2) is 67.3 Å². The number of carbonyl (C=O) groups is 2. The Bertz CT molecular complexity index is 1180. The van der Waals surface area contributed by atoms with Gasteiger partial charge in [0.2, 0.25) is 5.91 Å². The van der Waals surface area contributed by atoms with E-state index in [1.165, 1.54) is 12.5 Å². The van der Waals surface area contributed by atoms with Crippen LogP contribution in [0.5, 0.6) is 5.75 Å². The highest BCUT2D eigenvalue weighted by atomic mass is 16.5. The molecule has 3 amide bonds. The Balaban J connectivity index is 1.58. The van der Waals surface area contributed by atoms with Gasteiger partial charge < -0.3 is 14.2 Å². The lowest BCUT2D eigenvalue weighted by molar-refractivity contribution is -0.141. The Hall–Kier alpha value is -3.81. The molecule has 8 nitrogen and oxygen atoms in total. The van der Waals surface area contributed by atoms with Gasteiger partial charge in [-0.1, -0.05) is 57.2 Å². The molecule has 0 spiro atoms. The van der Waals surface area contributed by atoms with E-state index in [1.807, 2.05) is 39.9 Å². The maximum absolute atomic E-state index is 13.8. The van der Waals surface area contributed by atoms with Crippen molar-refractivity contribution in [2.24, 2.45) is 0 Å². The van der Waals surface area contributed by atoms with E-state index in [9.17, 15) is 9.59 Å². The molecule has 1 aliphatic rings. The van der Waals surface area contributed by atoms with E-state index in [2.05, 4.69) is 50.0 Å². The third-order valence-electron chi connectivity index (χ3n) is 6.93. The molecule has 0 aliphatic carbocycles. The van der Waals surface area contributed by atoms with Crippen LogP contribution in [0.4, 0.5) is 4.79 Å². The SMILES string of the molecule is COc1ccc(CCN2C(=O)N(N(CCn3ccnc3)C(C)=O)CC2c2ccc(C(C)(C)C)cc2)cc1. The van der Waals surface area contributed by atoms with Crippen molar-refractivity contribution in [3.05, 3.63) is 83.9 Å². The number of carbonyl (C=O) groups excluding carboxylic acids is 2. The molecule has 196 valence electrons. The molecule has 0 bridgehead atoms. The van der Waals surface area contributed by atoms with Crippen LogP contribution in [0.3, 0.4) is 0 Å². The summed E-state index contributed by atoms with van der Waals surface area (Å²) < 4.78 is 7.17. The zero-order chi connectivity index (χ0) is 26.6. The Labute approximate surface area is 219 Å². The van der Waals surface area contributed by atoms with E-state index in [0.29, 0.717) is 32.6 Å². The summed E-state index contributed by atoms with van der Waals surface area (Å²) in [5.74, 6) is 0.645. The Morgan fingerprint density at radius 3 is 2.35 bits per heavy atom. The van der Waals surface area contributed by atoms with E-state index >= 15 is 0 Å². The van der Waals surface area contributed by atoms with Crippen LogP contribution in [0, 0.1) is 0 Å². The van der Waals surface area contributed by atoms with Crippen molar-refractivity contribution in [1.29, 1.82) is 0 Å². The maximum atomic E-state index is 13.8. The maximum Gasteiger partial charge on any atom is 0.339 e. The van der Waals surface area contributed by atoms with Crippen molar-refractivity contribution in [3.8, 4) is 5.75 Å². The van der Waals surface area contributed by atoms with E-state index in [-0.39, 0.29) is 23.4 Å². The average molecular weight is 504 g/mol. The van der Waals surface area contributed by atoms with Crippen LogP contribution in [0.2, 0.25) is 0 Å². The number of imidazole rings is 1. The highest BCUT2D eigenvalue weighted by Crippen LogP contribution is 2.33. The number of benzene rings is 2. The van der Waals surface area contributed by atoms with Crippen LogP contribution in [0.25, 0.3) is 0 Å². The number of aromatic nitrogens is 2. The van der Waals surface area contributed by atoms with Gasteiger partial charge in [-0.3, -0.25) is 4.79 Å². The van der Waals surface area contributed by atoms with Crippen LogP contribution in [-0.4, -0.2) is 63.2 Å². The summed E-state index contributed by atoms with van der Waals surface area (Å²) in [6.45, 7) is 9.98. The predicted molar refractivity (Wildman–Crippen MR) is 143 cm³/mol. The molecule has 4 rings (SSSR count). The number of hydrogen-bond acceptors (Lipinski definition) is 4. The summed E-state index contributed by atoms with van der Waals surface area (Å²) in [5, 5.41) is 3.17. The minimum absolute atomic E-state index is 0.0445. The van der Waals surface area contributed by atoms with Crippen molar-refractivity contribution in [2.45, 2.75) is 52.1 Å². The van der Waals surface area contributed by atoms with E-state index in [1.54, 1.807) is 29.7 Å². The van der Waals surface area contributed by atoms with E-state index in [0.717, 1.165) is 16.9 Å². The zero-order valence-corrected chi connectivity index (χ0v) is 22.4. The van der Waals surface area contributed by atoms with Gasteiger partial charge in [-0.25, -0.2) is 19.8 Å². The van der Waals surface area contributed by atoms with Crippen molar-refractivity contribution >= 4 is 11.9 Å². The first-order valence-electron chi connectivity index (χ1n) is 12.7. The van der Waals surface area contributed by atoms with E-state index < -0.39 is 0 Å². The highest BCUT2D eigenvalue weighted by Gasteiger charge is 2.41. The van der Waals surface area contributed by atoms with Gasteiger partial charge in [0.15, 0.2) is 0 Å². The minimum Gasteiger partial charge on any atom is -0.497 e. The number of nitrogens with zero attached hydrogens (tertiary/aromatic N) is 5. The number of amides is 3. The number of rotatable bonds is 9. The fourth-order valence-electron chi connectivity index (χ4n) is 4.69. The number of ether oxygens (including phenoxy) is 1. The largest absolute Gasteiger partial charge is 0.497 e. The van der Waals surface area contributed by atoms with Crippen LogP contribution in [0.1, 0.15) is 50.4 Å². The molecule has 0 radical (unpaired) electrons. The molecule has 0 saturated carbocycles. The van der Waals surface area contributed by atoms with Gasteiger partial charge in [0, 0.05) is 32.4 Å². The molecule has 37 heavy (non-hydrogen) atoms. The second-order valence-corrected chi connectivity index (χ2v) is 10.5. The number of methoxy groups -OCH3 is 1. The summed E-state index contributed by atoms with van der Waals surface area (Å²) in [5.41, 5.74) is 3.48. The number of hydrogen-bond donors (Lipinski definition) is 0. The van der Waals surface area contributed by atoms with Gasteiger partial charge >= 0.3 is 6.03 Å². The Morgan fingerprint density at radius 2 is 1.78 bits per heavy atom. The third kappa shape index (κ3) is 6.13. The Kier molecular flexibility index (Phi) is 7.86. The molecule has 2 aromatic carbocycles. The van der Waals surface area contributed by atoms with Crippen LogP contribution < -0.4 is 4.74 Å². The smallest absolute Gasteiger partial charge is 0.339 e. The van der Waals surface area contributed by atoms with Crippen molar-refractivity contribution in [1.82, 2.24) is 24.5 Å². The second kappa shape index (κ2) is 11.1. The highest BCUT2D eigenvalue weighted by molar-refractivity contribution is 5.82. The summed E-state index contributed by atoms with van der Waals surface area (Å²) in [6, 6.07) is 16.1. The standard InChI is InChI=1S/C29H37N5O3/c1-22(35)33(19-18-31-17-15-30-21-31)34-20-27(24-8-10-25(11-9-24)29(2,3)4)32(28(34)36)16-14-23-6-12-26(37-5)13-7-23/h6-13,15,17,21,27H,14,16,18-20H2,1-5H3. The molecule has 1 unspecified atom stereocenters. The minimum atomic E-state index is -0.160. The lowest BCUT2D eigenvalue weighted by Crippen LogP contribution is -2.49. The first kappa shape index (κ1) is 26.3. The number of urea groups is 1. The fourth-order valence-corrected chi connectivity index (χ4v) is 4.69. The van der Waals surface area contributed by atoms with Crippen LogP contribution in [-0.2, 0) is 23.2 Å². The molecular formula is C29H37N5O3. The molecule has 2 heterocycles. The monoisotopic (exact) mass is 503 g/mol. The second-order valence-electron chi connectivity index (χ2n) is 10.5. The normalized spacial score (nSPS) is 15.8. The van der Waals surface area contributed by atoms with Gasteiger partial charge in [-0.05, 0) is 40.7 Å². The summed E-state index contributed by atoms with van der Waals surface area (Å²) >= 11 is 0. The summed E-state index contributed by atoms with van der Waals surface area (Å²) in [4.78, 5) is 32.4. The molecule has 1 atom stereocenters. The lowest BCUT2D eigenvalue weighted by atomic mass is 9.86. The van der Waals surface area contributed by atoms with Crippen molar-refractivity contribution in [2.75, 3.05) is 26.7 Å². The molecule has 1 saturated heterocycles. The topological polar surface area (TPSA) is 70.9 Å². The predicted octanol–water partition coefficient (Wildman–Crippen LogP) is 4.67. The van der Waals surface area contributed by atoms with Gasteiger partial charge in [0.1, 0.15) is 5.75 Å². The van der Waals surface area contributed by atoms with Gasteiger partial charge in [-0.15, -0.1) is 0 Å². The number of hydrazine groups is 1. The molecular weight excluding hydrogens is 466 g/mol. The first-order valence-corrected chi connectivity index (χ1v) is 12.7. The Morgan fingerprint density at radius 1 is 1.08 bits per heavy atom.